The largest absolute Gasteiger partial charge is 0.483 e. The maximum absolute atomic E-state index is 12.4. The Kier molecular flexibility index (Phi) is 5.51. The number of nitrogens with zero attached hydrogens (tertiary/aromatic N) is 2. The van der Waals surface area contributed by atoms with Crippen molar-refractivity contribution < 1.29 is 14.3 Å². The first-order valence-corrected chi connectivity index (χ1v) is 8.90. The van der Waals surface area contributed by atoms with Crippen molar-refractivity contribution in [3.05, 3.63) is 29.8 Å². The Morgan fingerprint density at radius 3 is 2.42 bits per heavy atom. The molecule has 2 heterocycles. The van der Waals surface area contributed by atoms with Gasteiger partial charge in [-0.1, -0.05) is 12.1 Å². The lowest BCUT2D eigenvalue weighted by molar-refractivity contribution is -0.134. The summed E-state index contributed by atoms with van der Waals surface area (Å²) in [5.41, 5.74) is 0.526. The van der Waals surface area contributed by atoms with E-state index in [1.54, 1.807) is 18.2 Å². The second-order valence-electron chi connectivity index (χ2n) is 6.70. The molecule has 0 saturated carbocycles. The standard InChI is InChI=1S/C19H26N2O3/c1-15(22)17-6-2-3-7-18(17)24-14-19(23)21-12-8-16(9-13-21)20-10-4-5-11-20/h2-3,6-7,16H,4-5,8-14H2,1H3. The number of hydrogen-bond acceptors (Lipinski definition) is 4. The smallest absolute Gasteiger partial charge is 0.260 e. The molecule has 2 aliphatic rings. The van der Waals surface area contributed by atoms with Gasteiger partial charge in [-0.3, -0.25) is 9.59 Å². The second kappa shape index (κ2) is 7.79. The van der Waals surface area contributed by atoms with Crippen LogP contribution >= 0.6 is 0 Å². The minimum absolute atomic E-state index is 0.00132. The maximum atomic E-state index is 12.4. The number of likely N-dealkylation sites (tertiary alicyclic amines) is 2. The number of ketones is 1. The fourth-order valence-electron chi connectivity index (χ4n) is 3.70. The number of amides is 1. The van der Waals surface area contributed by atoms with Crippen molar-refractivity contribution in [2.75, 3.05) is 32.8 Å². The van der Waals surface area contributed by atoms with Crippen molar-refractivity contribution in [1.29, 1.82) is 0 Å². The normalized spacial score (nSPS) is 19.5. The lowest BCUT2D eigenvalue weighted by Gasteiger charge is -2.36. The number of para-hydroxylation sites is 1. The topological polar surface area (TPSA) is 49.9 Å². The van der Waals surface area contributed by atoms with Crippen LogP contribution in [-0.2, 0) is 4.79 Å². The highest BCUT2D eigenvalue weighted by Crippen LogP contribution is 2.22. The van der Waals surface area contributed by atoms with Gasteiger partial charge in [-0.2, -0.15) is 0 Å². The molecule has 24 heavy (non-hydrogen) atoms. The Balaban J connectivity index is 1.49. The van der Waals surface area contributed by atoms with Crippen LogP contribution in [0.25, 0.3) is 0 Å². The van der Waals surface area contributed by atoms with Gasteiger partial charge in [-0.25, -0.2) is 0 Å². The van der Waals surface area contributed by atoms with E-state index in [1.807, 2.05) is 11.0 Å². The van der Waals surface area contributed by atoms with E-state index in [1.165, 1.54) is 32.9 Å². The monoisotopic (exact) mass is 330 g/mol. The Labute approximate surface area is 143 Å². The van der Waals surface area contributed by atoms with Crippen LogP contribution in [-0.4, -0.2) is 60.3 Å². The summed E-state index contributed by atoms with van der Waals surface area (Å²) in [5, 5.41) is 0. The minimum atomic E-state index is -0.0514. The molecule has 1 aromatic carbocycles. The van der Waals surface area contributed by atoms with Gasteiger partial charge in [0.1, 0.15) is 5.75 Å². The molecule has 2 saturated heterocycles. The molecule has 130 valence electrons. The highest BCUT2D eigenvalue weighted by atomic mass is 16.5. The molecular weight excluding hydrogens is 304 g/mol. The summed E-state index contributed by atoms with van der Waals surface area (Å²) in [6, 6.07) is 7.71. The summed E-state index contributed by atoms with van der Waals surface area (Å²) in [5.74, 6) is 0.447. The molecule has 0 radical (unpaired) electrons. The first-order valence-electron chi connectivity index (χ1n) is 8.90. The van der Waals surface area contributed by atoms with Crippen molar-refractivity contribution in [1.82, 2.24) is 9.80 Å². The Bertz CT molecular complexity index is 588. The SMILES string of the molecule is CC(=O)c1ccccc1OCC(=O)N1CCC(N2CCCC2)CC1. The van der Waals surface area contributed by atoms with Gasteiger partial charge in [0.15, 0.2) is 12.4 Å². The van der Waals surface area contributed by atoms with Crippen LogP contribution < -0.4 is 4.74 Å². The van der Waals surface area contributed by atoms with Crippen LogP contribution in [0.2, 0.25) is 0 Å². The highest BCUT2D eigenvalue weighted by molar-refractivity contribution is 5.96. The van der Waals surface area contributed by atoms with E-state index >= 15 is 0 Å². The van der Waals surface area contributed by atoms with E-state index in [-0.39, 0.29) is 18.3 Å². The molecule has 2 fully saturated rings. The predicted octanol–water partition coefficient (Wildman–Crippen LogP) is 2.35. The molecule has 0 unspecified atom stereocenters. The number of carbonyl (C=O) groups is 2. The Morgan fingerprint density at radius 1 is 1.08 bits per heavy atom. The molecule has 5 heteroatoms. The van der Waals surface area contributed by atoms with Crippen molar-refractivity contribution in [2.45, 2.75) is 38.6 Å². The molecule has 3 rings (SSSR count). The van der Waals surface area contributed by atoms with Gasteiger partial charge in [0.05, 0.1) is 5.56 Å². The summed E-state index contributed by atoms with van der Waals surface area (Å²) in [7, 11) is 0. The zero-order valence-corrected chi connectivity index (χ0v) is 14.4. The van der Waals surface area contributed by atoms with E-state index in [4.69, 9.17) is 4.74 Å². The van der Waals surface area contributed by atoms with E-state index < -0.39 is 0 Å². The molecule has 5 nitrogen and oxygen atoms in total. The Morgan fingerprint density at radius 2 is 1.75 bits per heavy atom. The highest BCUT2D eigenvalue weighted by Gasteiger charge is 2.28. The third kappa shape index (κ3) is 3.96. The van der Waals surface area contributed by atoms with Crippen molar-refractivity contribution >= 4 is 11.7 Å². The molecule has 0 spiro atoms. The predicted molar refractivity (Wildman–Crippen MR) is 92.4 cm³/mol. The van der Waals surface area contributed by atoms with Crippen LogP contribution in [0.5, 0.6) is 5.75 Å². The van der Waals surface area contributed by atoms with Crippen molar-refractivity contribution in [3.63, 3.8) is 0 Å². The third-order valence-electron chi connectivity index (χ3n) is 5.09. The number of carbonyl (C=O) groups excluding carboxylic acids is 2. The van der Waals surface area contributed by atoms with Crippen LogP contribution in [0.1, 0.15) is 43.0 Å². The van der Waals surface area contributed by atoms with Crippen LogP contribution in [0.15, 0.2) is 24.3 Å². The number of rotatable bonds is 5. The number of hydrogen-bond donors (Lipinski definition) is 0. The van der Waals surface area contributed by atoms with Crippen LogP contribution in [0.4, 0.5) is 0 Å². The van der Waals surface area contributed by atoms with E-state index in [9.17, 15) is 9.59 Å². The van der Waals surface area contributed by atoms with Gasteiger partial charge < -0.3 is 14.5 Å². The van der Waals surface area contributed by atoms with Crippen molar-refractivity contribution in [3.8, 4) is 5.75 Å². The van der Waals surface area contributed by atoms with Gasteiger partial charge in [0.25, 0.3) is 5.91 Å². The van der Waals surface area contributed by atoms with Crippen LogP contribution in [0, 0.1) is 0 Å². The quantitative estimate of drug-likeness (QED) is 0.778. The zero-order chi connectivity index (χ0) is 16.9. The summed E-state index contributed by atoms with van der Waals surface area (Å²) < 4.78 is 5.62. The third-order valence-corrected chi connectivity index (χ3v) is 5.09. The summed E-state index contributed by atoms with van der Waals surface area (Å²) in [6.45, 7) is 5.54. The van der Waals surface area contributed by atoms with Crippen molar-refractivity contribution in [2.24, 2.45) is 0 Å². The molecule has 0 bridgehead atoms. The van der Waals surface area contributed by atoms with Gasteiger partial charge in [0.2, 0.25) is 0 Å². The average molecular weight is 330 g/mol. The lowest BCUT2D eigenvalue weighted by atomic mass is 10.0. The first-order chi connectivity index (χ1) is 11.6. The molecule has 2 aliphatic heterocycles. The first kappa shape index (κ1) is 17.0. The maximum Gasteiger partial charge on any atom is 0.260 e. The minimum Gasteiger partial charge on any atom is -0.483 e. The summed E-state index contributed by atoms with van der Waals surface area (Å²) >= 11 is 0. The van der Waals surface area contributed by atoms with E-state index in [2.05, 4.69) is 4.90 Å². The fraction of sp³-hybridized carbons (Fsp3) is 0.579. The average Bonchev–Trinajstić information content (AvgIpc) is 3.14. The molecule has 1 amide bonds. The number of piperidine rings is 1. The molecule has 0 atom stereocenters. The molecule has 1 aromatic rings. The molecule has 0 aromatic heterocycles. The van der Waals surface area contributed by atoms with Crippen LogP contribution in [0.3, 0.4) is 0 Å². The van der Waals surface area contributed by atoms with E-state index in [0.717, 1.165) is 25.9 Å². The van der Waals surface area contributed by atoms with Gasteiger partial charge in [-0.15, -0.1) is 0 Å². The fourth-order valence-corrected chi connectivity index (χ4v) is 3.70. The summed E-state index contributed by atoms with van der Waals surface area (Å²) in [6.07, 6.45) is 4.72. The Hall–Kier alpha value is -1.88. The number of benzene rings is 1. The zero-order valence-electron chi connectivity index (χ0n) is 14.4. The number of Topliss-reactive ketones (excluding diaryl/α,β-unsaturated/α-hetero) is 1. The van der Waals surface area contributed by atoms with Gasteiger partial charge >= 0.3 is 0 Å². The molecule has 0 N–H and O–H groups in total. The second-order valence-corrected chi connectivity index (χ2v) is 6.70. The lowest BCUT2D eigenvalue weighted by Crippen LogP contribution is -2.47. The van der Waals surface area contributed by atoms with E-state index in [0.29, 0.717) is 17.4 Å². The molecule has 0 aliphatic carbocycles. The summed E-state index contributed by atoms with van der Waals surface area (Å²) in [4.78, 5) is 28.4. The number of ether oxygens (including phenoxy) is 1. The van der Waals surface area contributed by atoms with Gasteiger partial charge in [-0.05, 0) is 57.8 Å². The molecular formula is C19H26N2O3. The van der Waals surface area contributed by atoms with Gasteiger partial charge in [0, 0.05) is 19.1 Å².